The molecule has 2 aromatic heterocycles. The first-order chi connectivity index (χ1) is 19.1. The van der Waals surface area contributed by atoms with E-state index in [9.17, 15) is 17.8 Å². The molecule has 3 aromatic rings. The summed E-state index contributed by atoms with van der Waals surface area (Å²) >= 11 is 1.18. The first-order valence-corrected chi connectivity index (χ1v) is 16.9. The zero-order valence-electron chi connectivity index (χ0n) is 22.2. The molecular weight excluding hydrogens is 581 g/mol. The quantitative estimate of drug-likeness (QED) is 0.278. The summed E-state index contributed by atoms with van der Waals surface area (Å²) in [6.07, 6.45) is 3.45. The molecule has 4 rings (SSSR count). The molecule has 1 amide bonds. The van der Waals surface area contributed by atoms with E-state index in [2.05, 4.69) is 15.3 Å². The van der Waals surface area contributed by atoms with E-state index in [1.54, 1.807) is 24.6 Å². The number of rotatable bonds is 12. The van der Waals surface area contributed by atoms with Crippen LogP contribution in [0.1, 0.15) is 35.8 Å². The molecule has 1 atom stereocenters. The lowest BCUT2D eigenvalue weighted by molar-refractivity contribution is 0.0785. The van der Waals surface area contributed by atoms with Crippen molar-refractivity contribution in [3.8, 4) is 17.2 Å². The van der Waals surface area contributed by atoms with E-state index < -0.39 is 23.3 Å². The number of anilines is 1. The lowest BCUT2D eigenvalue weighted by Gasteiger charge is -2.22. The molecule has 1 aliphatic heterocycles. The van der Waals surface area contributed by atoms with Gasteiger partial charge in [-0.25, -0.2) is 18.4 Å². The van der Waals surface area contributed by atoms with E-state index in [4.69, 9.17) is 23.3 Å². The Balaban J connectivity index is 1.54. The maximum absolute atomic E-state index is 13.2. The standard InChI is InChI=1S/C25H30N3O9PS2/c1-4-19(14-33-2)36-21-10-17(11-22(12-21)37-20-6-7-23(26-13-20)40(3,31)32)24(29)28-25-27-18(16-39-25)15-38(30)34-8-5-9-35-38/h6-7,10-13,16,19H,4-5,8-9,14-15H2,1-3H3,(H,27,28,29)/t19-/m0/s1. The minimum atomic E-state index is -3.46. The highest BCUT2D eigenvalue weighted by atomic mass is 32.2. The summed E-state index contributed by atoms with van der Waals surface area (Å²) in [6, 6.07) is 7.51. The number of thiazole rings is 1. The Kier molecular flexibility index (Phi) is 9.93. The van der Waals surface area contributed by atoms with E-state index in [1.165, 1.54) is 35.7 Å². The number of carbonyl (C=O) groups is 1. The Morgan fingerprint density at radius 1 is 1.18 bits per heavy atom. The molecule has 0 unspecified atom stereocenters. The Morgan fingerprint density at radius 2 is 1.93 bits per heavy atom. The number of pyridine rings is 1. The number of hydrogen-bond acceptors (Lipinski definition) is 12. The third-order valence-electron chi connectivity index (χ3n) is 5.57. The number of sulfone groups is 1. The summed E-state index contributed by atoms with van der Waals surface area (Å²) in [7, 11) is -5.14. The van der Waals surface area contributed by atoms with Gasteiger partial charge in [-0.1, -0.05) is 6.92 Å². The first-order valence-electron chi connectivity index (χ1n) is 12.4. The summed E-state index contributed by atoms with van der Waals surface area (Å²) in [6.45, 7) is 3.04. The van der Waals surface area contributed by atoms with E-state index in [0.717, 1.165) is 6.26 Å². The van der Waals surface area contributed by atoms with Gasteiger partial charge in [0.15, 0.2) is 20.0 Å². The number of nitrogens with zero attached hydrogens (tertiary/aromatic N) is 2. The smallest absolute Gasteiger partial charge is 0.336 e. The van der Waals surface area contributed by atoms with Crippen LogP contribution >= 0.6 is 18.9 Å². The number of nitrogens with one attached hydrogen (secondary N) is 1. The van der Waals surface area contributed by atoms with Crippen molar-refractivity contribution in [3.63, 3.8) is 0 Å². The average molecular weight is 612 g/mol. The first kappa shape index (κ1) is 30.1. The molecule has 0 aliphatic carbocycles. The van der Waals surface area contributed by atoms with Gasteiger partial charge in [-0.2, -0.15) is 0 Å². The summed E-state index contributed by atoms with van der Waals surface area (Å²) in [4.78, 5) is 21.5. The lowest BCUT2D eigenvalue weighted by Crippen LogP contribution is -2.21. The van der Waals surface area contributed by atoms with Crippen LogP contribution in [-0.4, -0.2) is 63.6 Å². The second kappa shape index (κ2) is 13.2. The minimum absolute atomic E-state index is 0.0186. The van der Waals surface area contributed by atoms with Crippen molar-refractivity contribution in [2.45, 2.75) is 37.1 Å². The van der Waals surface area contributed by atoms with Gasteiger partial charge in [0.05, 0.1) is 37.9 Å². The van der Waals surface area contributed by atoms with Crippen molar-refractivity contribution in [2.75, 3.05) is 38.5 Å². The molecule has 1 N–H and O–H groups in total. The predicted molar refractivity (Wildman–Crippen MR) is 148 cm³/mol. The number of ether oxygens (including phenoxy) is 3. The molecule has 40 heavy (non-hydrogen) atoms. The molecule has 0 bridgehead atoms. The molecule has 0 spiro atoms. The van der Waals surface area contributed by atoms with Crippen LogP contribution in [0.4, 0.5) is 5.13 Å². The van der Waals surface area contributed by atoms with Crippen molar-refractivity contribution in [1.82, 2.24) is 9.97 Å². The van der Waals surface area contributed by atoms with Crippen molar-refractivity contribution in [3.05, 3.63) is 53.2 Å². The second-order valence-corrected chi connectivity index (χ2v) is 13.8. The molecule has 1 aliphatic rings. The van der Waals surface area contributed by atoms with Gasteiger partial charge >= 0.3 is 7.60 Å². The number of methoxy groups -OCH3 is 1. The molecule has 216 valence electrons. The van der Waals surface area contributed by atoms with E-state index in [-0.39, 0.29) is 34.4 Å². The van der Waals surface area contributed by atoms with Gasteiger partial charge in [0.1, 0.15) is 23.4 Å². The van der Waals surface area contributed by atoms with Crippen molar-refractivity contribution in [1.29, 1.82) is 0 Å². The number of hydrogen-bond donors (Lipinski definition) is 1. The summed E-state index contributed by atoms with van der Waals surface area (Å²) in [5, 5.41) is 4.66. The summed E-state index contributed by atoms with van der Waals surface area (Å²) in [5.41, 5.74) is 0.714. The molecule has 3 heterocycles. The number of aromatic nitrogens is 2. The van der Waals surface area contributed by atoms with Gasteiger partial charge in [-0.15, -0.1) is 11.3 Å². The van der Waals surface area contributed by atoms with Crippen LogP contribution in [0, 0.1) is 0 Å². The van der Waals surface area contributed by atoms with E-state index in [1.807, 2.05) is 6.92 Å². The van der Waals surface area contributed by atoms with Gasteiger partial charge in [0.2, 0.25) is 0 Å². The van der Waals surface area contributed by atoms with E-state index in [0.29, 0.717) is 49.2 Å². The fraction of sp³-hybridized carbons (Fsp3) is 0.400. The number of amides is 1. The van der Waals surface area contributed by atoms with Gasteiger partial charge in [-0.3, -0.25) is 14.7 Å². The van der Waals surface area contributed by atoms with Crippen molar-refractivity contribution in [2.24, 2.45) is 0 Å². The van der Waals surface area contributed by atoms with Crippen LogP contribution in [0.2, 0.25) is 0 Å². The second-order valence-electron chi connectivity index (χ2n) is 8.89. The zero-order chi connectivity index (χ0) is 28.8. The SMILES string of the molecule is CC[C@@H](COC)Oc1cc(Oc2ccc(S(C)(=O)=O)nc2)cc(C(=O)Nc2nc(CP3(=O)OCCCO3)cs2)c1. The van der Waals surface area contributed by atoms with Crippen LogP contribution in [0.3, 0.4) is 0 Å². The Hall–Kier alpha value is -2.87. The summed E-state index contributed by atoms with van der Waals surface area (Å²) in [5.74, 6) is 0.440. The molecule has 15 heteroatoms. The predicted octanol–water partition coefficient (Wildman–Crippen LogP) is 4.92. The average Bonchev–Trinajstić information content (AvgIpc) is 3.34. The summed E-state index contributed by atoms with van der Waals surface area (Å²) < 4.78 is 63.9. The largest absolute Gasteiger partial charge is 0.488 e. The highest BCUT2D eigenvalue weighted by Crippen LogP contribution is 2.53. The van der Waals surface area contributed by atoms with Gasteiger partial charge < -0.3 is 23.3 Å². The third kappa shape index (κ3) is 8.32. The molecule has 1 aromatic carbocycles. The molecule has 1 saturated heterocycles. The maximum Gasteiger partial charge on any atom is 0.336 e. The highest BCUT2D eigenvalue weighted by Gasteiger charge is 2.29. The zero-order valence-corrected chi connectivity index (χ0v) is 24.7. The van der Waals surface area contributed by atoms with Gasteiger partial charge in [0, 0.05) is 30.4 Å². The number of benzene rings is 1. The van der Waals surface area contributed by atoms with Crippen LogP contribution in [0.15, 0.2) is 46.9 Å². The normalized spacial score (nSPS) is 15.8. The Morgan fingerprint density at radius 3 is 2.58 bits per heavy atom. The van der Waals surface area contributed by atoms with Crippen LogP contribution in [-0.2, 0) is 34.3 Å². The van der Waals surface area contributed by atoms with Crippen LogP contribution in [0.25, 0.3) is 0 Å². The minimum Gasteiger partial charge on any atom is -0.488 e. The maximum atomic E-state index is 13.2. The third-order valence-corrected chi connectivity index (χ3v) is 9.24. The molecule has 0 saturated carbocycles. The fourth-order valence-electron chi connectivity index (χ4n) is 3.63. The molecule has 1 fully saturated rings. The van der Waals surface area contributed by atoms with Crippen molar-refractivity contribution >= 4 is 39.8 Å². The van der Waals surface area contributed by atoms with Gasteiger partial charge in [0.25, 0.3) is 5.91 Å². The van der Waals surface area contributed by atoms with E-state index >= 15 is 0 Å². The Bertz CT molecular complexity index is 1470. The molecular formula is C25H30N3O9PS2. The fourth-order valence-corrected chi connectivity index (χ4v) is 6.64. The highest BCUT2D eigenvalue weighted by molar-refractivity contribution is 7.90. The number of carbonyl (C=O) groups excluding carboxylic acids is 1. The monoisotopic (exact) mass is 611 g/mol. The lowest BCUT2D eigenvalue weighted by atomic mass is 10.2. The van der Waals surface area contributed by atoms with Gasteiger partial charge in [-0.05, 0) is 37.1 Å². The Labute approximate surface area is 236 Å². The topological polar surface area (TPSA) is 152 Å². The molecule has 12 nitrogen and oxygen atoms in total. The van der Waals surface area contributed by atoms with Crippen LogP contribution < -0.4 is 14.8 Å². The van der Waals surface area contributed by atoms with Crippen molar-refractivity contribution < 1.29 is 41.0 Å². The molecule has 0 radical (unpaired) electrons. The van der Waals surface area contributed by atoms with Crippen LogP contribution in [0.5, 0.6) is 17.2 Å².